The molecular weight excluding hydrogens is 420 g/mol. The maximum atomic E-state index is 11.5. The van der Waals surface area contributed by atoms with Crippen LogP contribution in [0.1, 0.15) is 11.1 Å². The molecule has 0 aromatic heterocycles. The van der Waals surface area contributed by atoms with Crippen LogP contribution in [-0.2, 0) is 20.2 Å². The van der Waals surface area contributed by atoms with Gasteiger partial charge in [0.05, 0.1) is 4.92 Å². The second-order valence-electron chi connectivity index (χ2n) is 4.77. The van der Waals surface area contributed by atoms with Crippen LogP contribution in [0.2, 0.25) is 0 Å². The summed E-state index contributed by atoms with van der Waals surface area (Å²) in [4.78, 5) is 8.67. The predicted octanol–water partition coefficient (Wildman–Crippen LogP) is 1.50. The Bertz CT molecular complexity index is 1080. The molecule has 134 valence electrons. The fraction of sp³-hybridized carbons (Fsp3) is 0. The SMILES string of the molecule is O=[N+]([O-])c1cccc(C=Cc2ccccc2S(=O)(=O)O)c1S(=O)(=O)O.[Na].[Na]. The van der Waals surface area contributed by atoms with Crippen molar-refractivity contribution in [1.82, 2.24) is 0 Å². The average Bonchev–Trinajstić information content (AvgIpc) is 2.51. The molecule has 27 heavy (non-hydrogen) atoms. The number of rotatable bonds is 5. The molecule has 0 fully saturated rings. The molecule has 0 aliphatic rings. The van der Waals surface area contributed by atoms with Gasteiger partial charge < -0.3 is 0 Å². The first-order chi connectivity index (χ1) is 11.5. The van der Waals surface area contributed by atoms with E-state index in [-0.39, 0.29) is 70.2 Å². The molecule has 9 nitrogen and oxygen atoms in total. The van der Waals surface area contributed by atoms with Gasteiger partial charge in [0.2, 0.25) is 0 Å². The van der Waals surface area contributed by atoms with Crippen LogP contribution >= 0.6 is 0 Å². The van der Waals surface area contributed by atoms with E-state index in [2.05, 4.69) is 0 Å². The zero-order valence-corrected chi connectivity index (χ0v) is 19.9. The Kier molecular flexibility index (Phi) is 10.0. The molecule has 0 saturated carbocycles. The van der Waals surface area contributed by atoms with Gasteiger partial charge in [0.25, 0.3) is 15.8 Å². The van der Waals surface area contributed by atoms with Gasteiger partial charge in [-0.15, -0.1) is 0 Å². The summed E-state index contributed by atoms with van der Waals surface area (Å²) >= 11 is 0. The van der Waals surface area contributed by atoms with E-state index >= 15 is 0 Å². The van der Waals surface area contributed by atoms with Crippen molar-refractivity contribution in [3.8, 4) is 0 Å². The Balaban J connectivity index is 0.00000338. The number of benzene rings is 2. The van der Waals surface area contributed by atoms with Gasteiger partial charge in [-0.1, -0.05) is 42.5 Å². The summed E-state index contributed by atoms with van der Waals surface area (Å²) in [6.07, 6.45) is 2.23. The Labute approximate surface area is 199 Å². The van der Waals surface area contributed by atoms with Gasteiger partial charge in [-0.25, -0.2) is 0 Å². The first kappa shape index (κ1) is 26.4. The minimum absolute atomic E-state index is 0. The minimum Gasteiger partial charge on any atom is -0.282 e. The molecule has 2 radical (unpaired) electrons. The van der Waals surface area contributed by atoms with E-state index in [0.717, 1.165) is 24.3 Å². The zero-order valence-electron chi connectivity index (χ0n) is 14.3. The second kappa shape index (κ2) is 10.3. The standard InChI is InChI=1S/C14H11NO8S2.2Na/c16-15(17)12-6-3-5-11(14(12)25(21,22)23)9-8-10-4-1-2-7-13(10)24(18,19)20;;/h1-9H,(H,18,19,20)(H,21,22,23);;. The van der Waals surface area contributed by atoms with Crippen LogP contribution in [0.3, 0.4) is 0 Å². The third-order valence-electron chi connectivity index (χ3n) is 3.12. The van der Waals surface area contributed by atoms with E-state index < -0.39 is 40.6 Å². The smallest absolute Gasteiger partial charge is 0.282 e. The largest absolute Gasteiger partial charge is 0.302 e. The van der Waals surface area contributed by atoms with E-state index in [1.165, 1.54) is 30.3 Å². The molecule has 2 aromatic carbocycles. The number of hydrogen-bond acceptors (Lipinski definition) is 6. The quantitative estimate of drug-likeness (QED) is 0.238. The summed E-state index contributed by atoms with van der Waals surface area (Å²) in [5, 5.41) is 11.0. The van der Waals surface area contributed by atoms with Crippen LogP contribution in [0, 0.1) is 10.1 Å². The number of nitro benzene ring substituents is 1. The van der Waals surface area contributed by atoms with Crippen LogP contribution in [-0.4, -0.2) is 90.0 Å². The minimum atomic E-state index is -4.91. The number of hydrogen-bond donors (Lipinski definition) is 2. The summed E-state index contributed by atoms with van der Waals surface area (Å²) in [6.45, 7) is 0. The first-order valence-corrected chi connectivity index (χ1v) is 9.39. The van der Waals surface area contributed by atoms with E-state index in [0.29, 0.717) is 0 Å². The topological polar surface area (TPSA) is 152 Å². The molecule has 0 heterocycles. The molecule has 0 saturated heterocycles. The third-order valence-corrected chi connectivity index (χ3v) is 5.01. The molecule has 0 amide bonds. The van der Waals surface area contributed by atoms with Crippen LogP contribution in [0.25, 0.3) is 12.2 Å². The molecule has 2 rings (SSSR count). The van der Waals surface area contributed by atoms with Crippen LogP contribution < -0.4 is 0 Å². The number of nitro groups is 1. The monoisotopic (exact) mass is 431 g/mol. The maximum absolute atomic E-state index is 11.5. The van der Waals surface area contributed by atoms with Crippen molar-refractivity contribution in [2.24, 2.45) is 0 Å². The fourth-order valence-corrected chi connectivity index (χ4v) is 3.66. The van der Waals surface area contributed by atoms with E-state index in [9.17, 15) is 36.1 Å². The van der Waals surface area contributed by atoms with Crippen molar-refractivity contribution in [2.45, 2.75) is 9.79 Å². The van der Waals surface area contributed by atoms with Crippen molar-refractivity contribution < 1.29 is 30.9 Å². The van der Waals surface area contributed by atoms with Gasteiger partial charge in [0, 0.05) is 70.7 Å². The Morgan fingerprint density at radius 2 is 1.33 bits per heavy atom. The maximum Gasteiger partial charge on any atom is 0.302 e. The normalized spacial score (nSPS) is 11.5. The van der Waals surface area contributed by atoms with E-state index in [1.54, 1.807) is 0 Å². The van der Waals surface area contributed by atoms with Crippen LogP contribution in [0.15, 0.2) is 52.3 Å². The van der Waals surface area contributed by atoms with Gasteiger partial charge in [0.15, 0.2) is 4.90 Å². The third kappa shape index (κ3) is 6.75. The van der Waals surface area contributed by atoms with Crippen molar-refractivity contribution in [3.63, 3.8) is 0 Å². The van der Waals surface area contributed by atoms with Gasteiger partial charge in [-0.3, -0.25) is 19.2 Å². The molecule has 0 bridgehead atoms. The van der Waals surface area contributed by atoms with Gasteiger partial charge >= 0.3 is 10.1 Å². The summed E-state index contributed by atoms with van der Waals surface area (Å²) in [6, 6.07) is 8.63. The van der Waals surface area contributed by atoms with Crippen molar-refractivity contribution in [1.29, 1.82) is 0 Å². The van der Waals surface area contributed by atoms with Crippen LogP contribution in [0.4, 0.5) is 5.69 Å². The molecule has 0 aliphatic heterocycles. The summed E-state index contributed by atoms with van der Waals surface area (Å²) in [7, 11) is -9.44. The number of nitrogens with zero attached hydrogens (tertiary/aromatic N) is 1. The molecule has 0 unspecified atom stereocenters. The Morgan fingerprint density at radius 1 is 0.815 bits per heavy atom. The van der Waals surface area contributed by atoms with Crippen molar-refractivity contribution in [2.75, 3.05) is 0 Å². The van der Waals surface area contributed by atoms with Gasteiger partial charge in [-0.2, -0.15) is 16.8 Å². The van der Waals surface area contributed by atoms with E-state index in [4.69, 9.17) is 0 Å². The predicted molar refractivity (Wildman–Crippen MR) is 99.6 cm³/mol. The fourth-order valence-electron chi connectivity index (χ4n) is 2.13. The average molecular weight is 431 g/mol. The van der Waals surface area contributed by atoms with Crippen LogP contribution in [0.5, 0.6) is 0 Å². The van der Waals surface area contributed by atoms with Gasteiger partial charge in [-0.05, 0) is 11.6 Å². The Hall–Kier alpha value is -0.600. The summed E-state index contributed by atoms with van der Waals surface area (Å²) < 4.78 is 64.1. The van der Waals surface area contributed by atoms with Gasteiger partial charge in [0.1, 0.15) is 4.90 Å². The Morgan fingerprint density at radius 3 is 1.85 bits per heavy atom. The first-order valence-electron chi connectivity index (χ1n) is 6.51. The molecule has 0 atom stereocenters. The summed E-state index contributed by atoms with van der Waals surface area (Å²) in [5.41, 5.74) is -1.02. The summed E-state index contributed by atoms with van der Waals surface area (Å²) in [5.74, 6) is 0. The molecule has 0 aliphatic carbocycles. The van der Waals surface area contributed by atoms with Crippen molar-refractivity contribution >= 4 is 97.2 Å². The van der Waals surface area contributed by atoms with Crippen molar-refractivity contribution in [3.05, 3.63) is 63.7 Å². The van der Waals surface area contributed by atoms with E-state index in [1.807, 2.05) is 0 Å². The molecule has 2 N–H and O–H groups in total. The molecule has 13 heteroatoms. The molecular formula is C14H11NNa2O8S2. The molecule has 2 aromatic rings. The second-order valence-corrected chi connectivity index (χ2v) is 7.52. The zero-order chi connectivity index (χ0) is 18.8. The molecule has 0 spiro atoms.